The van der Waals surface area contributed by atoms with E-state index in [0.717, 1.165) is 42.5 Å². The lowest BCUT2D eigenvalue weighted by molar-refractivity contribution is -0.123. The van der Waals surface area contributed by atoms with Crippen LogP contribution in [0.1, 0.15) is 72.6 Å². The number of amides is 1. The molecule has 2 aromatic heterocycles. The molecule has 9 heteroatoms. The molecular weight excluding hydrogens is 452 g/mol. The van der Waals surface area contributed by atoms with Gasteiger partial charge < -0.3 is 10.1 Å². The summed E-state index contributed by atoms with van der Waals surface area (Å²) in [5.74, 6) is -1.32. The van der Waals surface area contributed by atoms with E-state index in [4.69, 9.17) is 4.74 Å². The van der Waals surface area contributed by atoms with Gasteiger partial charge >= 0.3 is 5.97 Å². The van der Waals surface area contributed by atoms with Crippen molar-refractivity contribution in [2.75, 3.05) is 5.32 Å². The quantitative estimate of drug-likeness (QED) is 0.430. The maximum Gasteiger partial charge on any atom is 0.360 e. The van der Waals surface area contributed by atoms with Crippen molar-refractivity contribution in [1.29, 1.82) is 5.26 Å². The normalized spacial score (nSPS) is 14.2. The number of nitrogens with zero attached hydrogens (tertiary/aromatic N) is 3. The highest BCUT2D eigenvalue weighted by atomic mass is 32.1. The molecule has 1 amide bonds. The molecule has 8 nitrogen and oxygen atoms in total. The monoisotopic (exact) mass is 478 g/mol. The summed E-state index contributed by atoms with van der Waals surface area (Å²) in [6.07, 6.45) is 3.84. The van der Waals surface area contributed by atoms with Gasteiger partial charge in [0.1, 0.15) is 11.1 Å². The topological polar surface area (TPSA) is 114 Å². The predicted molar refractivity (Wildman–Crippen MR) is 130 cm³/mol. The maximum atomic E-state index is 13.0. The van der Waals surface area contributed by atoms with E-state index in [2.05, 4.69) is 16.5 Å². The molecule has 0 saturated carbocycles. The molecule has 1 N–H and O–H groups in total. The van der Waals surface area contributed by atoms with Crippen LogP contribution in [0, 0.1) is 11.3 Å². The smallest absolute Gasteiger partial charge is 0.360 e. The lowest BCUT2D eigenvalue weighted by Gasteiger charge is -2.16. The number of esters is 1. The Morgan fingerprint density at radius 2 is 1.85 bits per heavy atom. The second-order valence-electron chi connectivity index (χ2n) is 8.65. The van der Waals surface area contributed by atoms with E-state index in [1.165, 1.54) is 22.9 Å². The van der Waals surface area contributed by atoms with E-state index < -0.39 is 18.0 Å². The van der Waals surface area contributed by atoms with Crippen LogP contribution in [-0.2, 0) is 22.4 Å². The summed E-state index contributed by atoms with van der Waals surface area (Å²) < 4.78 is 6.68. The standard InChI is InChI=1S/C25H26N4O4S/c1-14(2)29-24(31)18-11-8-7-10-17(18)21(28-29)25(32)33-15(3)22(30)27-23-19(13-26)16-9-5-4-6-12-20(16)34-23/h7-8,10-11,14-15H,4-6,9,12H2,1-3H3,(H,27,30). The van der Waals surface area contributed by atoms with E-state index in [9.17, 15) is 19.6 Å². The van der Waals surface area contributed by atoms with Gasteiger partial charge in [-0.1, -0.05) is 24.6 Å². The molecule has 1 aliphatic carbocycles. The molecule has 34 heavy (non-hydrogen) atoms. The van der Waals surface area contributed by atoms with Crippen molar-refractivity contribution >= 4 is 39.0 Å². The van der Waals surface area contributed by atoms with Gasteiger partial charge in [-0.05, 0) is 58.1 Å². The van der Waals surface area contributed by atoms with Gasteiger partial charge in [-0.3, -0.25) is 9.59 Å². The number of hydrogen-bond donors (Lipinski definition) is 1. The van der Waals surface area contributed by atoms with Gasteiger partial charge in [-0.15, -0.1) is 11.3 Å². The molecule has 1 aliphatic rings. The average molecular weight is 479 g/mol. The fraction of sp³-hybridized carbons (Fsp3) is 0.400. The first kappa shape index (κ1) is 23.6. The SMILES string of the molecule is CC(OC(=O)c1nn(C(C)C)c(=O)c2ccccc12)C(=O)Nc1sc2c(c1C#N)CCCCC2. The highest BCUT2D eigenvalue weighted by Gasteiger charge is 2.26. The summed E-state index contributed by atoms with van der Waals surface area (Å²) >= 11 is 1.42. The zero-order valence-corrected chi connectivity index (χ0v) is 20.2. The molecule has 0 radical (unpaired) electrons. The third-order valence-electron chi connectivity index (χ3n) is 5.93. The van der Waals surface area contributed by atoms with Crippen molar-refractivity contribution in [2.24, 2.45) is 0 Å². The van der Waals surface area contributed by atoms with Gasteiger partial charge in [-0.2, -0.15) is 10.4 Å². The van der Waals surface area contributed by atoms with Crippen molar-refractivity contribution in [1.82, 2.24) is 9.78 Å². The number of fused-ring (bicyclic) bond motifs is 2. The molecule has 4 rings (SSSR count). The molecule has 2 heterocycles. The lowest BCUT2D eigenvalue weighted by Crippen LogP contribution is -2.32. The molecule has 0 spiro atoms. The molecule has 0 aliphatic heterocycles. The van der Waals surface area contributed by atoms with E-state index in [-0.39, 0.29) is 17.3 Å². The Kier molecular flexibility index (Phi) is 6.80. The van der Waals surface area contributed by atoms with Crippen LogP contribution in [0.2, 0.25) is 0 Å². The second kappa shape index (κ2) is 9.77. The van der Waals surface area contributed by atoms with E-state index in [0.29, 0.717) is 21.3 Å². The van der Waals surface area contributed by atoms with Crippen LogP contribution in [0.5, 0.6) is 0 Å². The van der Waals surface area contributed by atoms with Crippen molar-refractivity contribution in [3.8, 4) is 6.07 Å². The number of carbonyl (C=O) groups excluding carboxylic acids is 2. The largest absolute Gasteiger partial charge is 0.448 e. The molecule has 1 unspecified atom stereocenters. The van der Waals surface area contributed by atoms with E-state index in [1.807, 2.05) is 0 Å². The van der Waals surface area contributed by atoms with Crippen LogP contribution in [0.25, 0.3) is 10.8 Å². The fourth-order valence-electron chi connectivity index (χ4n) is 4.14. The van der Waals surface area contributed by atoms with Gasteiger partial charge in [-0.25, -0.2) is 9.48 Å². The lowest BCUT2D eigenvalue weighted by atomic mass is 10.1. The second-order valence-corrected chi connectivity index (χ2v) is 9.76. The number of nitrogens with one attached hydrogen (secondary N) is 1. The summed E-state index contributed by atoms with van der Waals surface area (Å²) in [6.45, 7) is 5.06. The average Bonchev–Trinajstić information content (AvgIpc) is 2.97. The molecule has 0 fully saturated rings. The molecule has 176 valence electrons. The van der Waals surface area contributed by atoms with Crippen LogP contribution in [0.15, 0.2) is 29.1 Å². The minimum absolute atomic E-state index is 0.0240. The van der Waals surface area contributed by atoms with Gasteiger partial charge in [0.2, 0.25) is 0 Å². The zero-order chi connectivity index (χ0) is 24.4. The minimum Gasteiger partial charge on any atom is -0.448 e. The Morgan fingerprint density at radius 3 is 2.56 bits per heavy atom. The number of hydrogen-bond acceptors (Lipinski definition) is 7. The summed E-state index contributed by atoms with van der Waals surface area (Å²) in [6, 6.07) is 8.66. The summed E-state index contributed by atoms with van der Waals surface area (Å²) in [4.78, 5) is 39.7. The highest BCUT2D eigenvalue weighted by molar-refractivity contribution is 7.16. The number of anilines is 1. The Morgan fingerprint density at radius 1 is 1.15 bits per heavy atom. The molecule has 0 bridgehead atoms. The number of ether oxygens (including phenoxy) is 1. The van der Waals surface area contributed by atoms with Crippen molar-refractivity contribution in [3.63, 3.8) is 0 Å². The number of carbonyl (C=O) groups is 2. The van der Waals surface area contributed by atoms with E-state index >= 15 is 0 Å². The summed E-state index contributed by atoms with van der Waals surface area (Å²) in [5.41, 5.74) is 1.21. The molecule has 0 saturated heterocycles. The van der Waals surface area contributed by atoms with Crippen molar-refractivity contribution in [3.05, 3.63) is 56.3 Å². The predicted octanol–water partition coefficient (Wildman–Crippen LogP) is 4.36. The van der Waals surface area contributed by atoms with Gasteiger partial charge in [0, 0.05) is 10.3 Å². The van der Waals surface area contributed by atoms with Gasteiger partial charge in [0.15, 0.2) is 11.8 Å². The first-order valence-electron chi connectivity index (χ1n) is 11.4. The summed E-state index contributed by atoms with van der Waals surface area (Å²) in [7, 11) is 0. The van der Waals surface area contributed by atoms with Crippen LogP contribution < -0.4 is 10.9 Å². The number of thiophene rings is 1. The minimum atomic E-state index is -1.12. The summed E-state index contributed by atoms with van der Waals surface area (Å²) in [5, 5.41) is 17.9. The zero-order valence-electron chi connectivity index (χ0n) is 19.4. The van der Waals surface area contributed by atoms with Gasteiger partial charge in [0.25, 0.3) is 11.5 Å². The molecular formula is C25H26N4O4S. The number of nitriles is 1. The Hall–Kier alpha value is -3.51. The van der Waals surface area contributed by atoms with Crippen LogP contribution in [0.4, 0.5) is 5.00 Å². The number of rotatable bonds is 5. The fourth-order valence-corrected chi connectivity index (χ4v) is 5.38. The van der Waals surface area contributed by atoms with Gasteiger partial charge in [0.05, 0.1) is 17.0 Å². The number of aryl methyl sites for hydroxylation is 1. The van der Waals surface area contributed by atoms with Crippen LogP contribution in [-0.4, -0.2) is 27.8 Å². The first-order valence-corrected chi connectivity index (χ1v) is 12.2. The maximum absolute atomic E-state index is 13.0. The number of aromatic nitrogens is 2. The third-order valence-corrected chi connectivity index (χ3v) is 7.14. The van der Waals surface area contributed by atoms with Crippen LogP contribution >= 0.6 is 11.3 Å². The highest BCUT2D eigenvalue weighted by Crippen LogP contribution is 2.37. The van der Waals surface area contributed by atoms with Crippen molar-refractivity contribution in [2.45, 2.75) is 65.0 Å². The number of benzene rings is 1. The Balaban J connectivity index is 1.57. The Bertz CT molecular complexity index is 1370. The first-order chi connectivity index (χ1) is 16.3. The Labute approximate surface area is 201 Å². The molecule has 3 aromatic rings. The van der Waals surface area contributed by atoms with E-state index in [1.54, 1.807) is 38.1 Å². The van der Waals surface area contributed by atoms with Crippen molar-refractivity contribution < 1.29 is 14.3 Å². The third kappa shape index (κ3) is 4.46. The molecule has 1 atom stereocenters. The van der Waals surface area contributed by atoms with Crippen LogP contribution in [0.3, 0.4) is 0 Å². The molecule has 1 aromatic carbocycles.